The first-order valence-electron chi connectivity index (χ1n) is 6.30. The van der Waals surface area contributed by atoms with Crippen LogP contribution < -0.4 is 0 Å². The van der Waals surface area contributed by atoms with Crippen molar-refractivity contribution in [3.05, 3.63) is 59.6 Å². The summed E-state index contributed by atoms with van der Waals surface area (Å²) in [6.07, 6.45) is 3.59. The van der Waals surface area contributed by atoms with E-state index in [-0.39, 0.29) is 5.82 Å². The van der Waals surface area contributed by atoms with Crippen molar-refractivity contribution in [1.82, 2.24) is 9.97 Å². The number of nitrogens with zero attached hydrogens (tertiary/aromatic N) is 4. The average Bonchev–Trinajstić information content (AvgIpc) is 2.47. The van der Waals surface area contributed by atoms with Crippen LogP contribution in [0.3, 0.4) is 0 Å². The second kappa shape index (κ2) is 6.78. The van der Waals surface area contributed by atoms with Crippen LogP contribution in [0, 0.1) is 18.3 Å². The Labute approximate surface area is 128 Å². The Balaban J connectivity index is 2.30. The summed E-state index contributed by atoms with van der Waals surface area (Å²) in [4.78, 5) is 12.2. The van der Waals surface area contributed by atoms with Crippen LogP contribution in [-0.2, 0) is 6.42 Å². The Bertz CT molecular complexity index is 744. The van der Waals surface area contributed by atoms with Gasteiger partial charge in [0.25, 0.3) is 0 Å². The molecule has 0 N–H and O–H groups in total. The van der Waals surface area contributed by atoms with Crippen LogP contribution in [0.1, 0.15) is 22.5 Å². The second-order valence-corrected chi connectivity index (χ2v) is 4.88. The zero-order valence-electron chi connectivity index (χ0n) is 11.5. The summed E-state index contributed by atoms with van der Waals surface area (Å²) in [6.45, 7) is 5.70. The molecule has 0 radical (unpaired) electrons. The van der Waals surface area contributed by atoms with Gasteiger partial charge in [0.2, 0.25) is 5.82 Å². The first kappa shape index (κ1) is 14.9. The van der Waals surface area contributed by atoms with Gasteiger partial charge in [-0.15, -0.1) is 0 Å². The maximum atomic E-state index is 8.84. The van der Waals surface area contributed by atoms with Crippen molar-refractivity contribution in [2.45, 2.75) is 13.3 Å². The Morgan fingerprint density at radius 1 is 1.52 bits per heavy atom. The van der Waals surface area contributed by atoms with Crippen molar-refractivity contribution in [3.8, 4) is 6.07 Å². The fourth-order valence-electron chi connectivity index (χ4n) is 1.81. The van der Waals surface area contributed by atoms with E-state index < -0.39 is 0 Å². The molecule has 0 aliphatic heterocycles. The normalized spacial score (nSPS) is 11.0. The third kappa shape index (κ3) is 3.98. The molecule has 1 aromatic heterocycles. The van der Waals surface area contributed by atoms with Gasteiger partial charge >= 0.3 is 0 Å². The fourth-order valence-corrected chi connectivity index (χ4v) is 2.05. The average molecular weight is 297 g/mol. The van der Waals surface area contributed by atoms with Crippen LogP contribution in [0.25, 0.3) is 6.08 Å². The molecule has 4 nitrogen and oxygen atoms in total. The van der Waals surface area contributed by atoms with Gasteiger partial charge in [-0.1, -0.05) is 54.1 Å². The lowest BCUT2D eigenvalue weighted by Gasteiger charge is -2.03. The molecule has 21 heavy (non-hydrogen) atoms. The summed E-state index contributed by atoms with van der Waals surface area (Å²) >= 11 is 6.20. The van der Waals surface area contributed by atoms with Gasteiger partial charge in [-0.2, -0.15) is 10.2 Å². The monoisotopic (exact) mass is 296 g/mol. The predicted octanol–water partition coefficient (Wildman–Crippen LogP) is 3.81. The van der Waals surface area contributed by atoms with E-state index in [0.717, 1.165) is 11.1 Å². The lowest BCUT2D eigenvalue weighted by molar-refractivity contribution is 1.09. The summed E-state index contributed by atoms with van der Waals surface area (Å²) in [7, 11) is 0. The van der Waals surface area contributed by atoms with E-state index in [1.807, 2.05) is 37.3 Å². The van der Waals surface area contributed by atoms with Gasteiger partial charge in [-0.05, 0) is 12.5 Å². The molecule has 0 saturated heterocycles. The van der Waals surface area contributed by atoms with Crippen molar-refractivity contribution in [1.29, 1.82) is 5.26 Å². The highest BCUT2D eigenvalue weighted by Gasteiger charge is 2.06. The van der Waals surface area contributed by atoms with Crippen LogP contribution >= 0.6 is 11.6 Å². The molecule has 2 aromatic rings. The maximum Gasteiger partial charge on any atom is 0.234 e. The molecular formula is C16H13ClN4. The minimum Gasteiger partial charge on any atom is -0.227 e. The smallest absolute Gasteiger partial charge is 0.227 e. The molecular weight excluding hydrogens is 284 g/mol. The van der Waals surface area contributed by atoms with E-state index in [9.17, 15) is 0 Å². The number of benzene rings is 1. The molecule has 0 aliphatic carbocycles. The Morgan fingerprint density at radius 3 is 3.00 bits per heavy atom. The van der Waals surface area contributed by atoms with Crippen LogP contribution in [0.15, 0.2) is 42.0 Å². The lowest BCUT2D eigenvalue weighted by atomic mass is 10.1. The molecule has 0 fully saturated rings. The van der Waals surface area contributed by atoms with Gasteiger partial charge in [0.1, 0.15) is 11.2 Å². The largest absolute Gasteiger partial charge is 0.234 e. The molecule has 0 saturated carbocycles. The SMILES string of the molecule is C=Cc1cnc(C#N)nc1N=C(Cl)Cc1cccc(C)c1. The molecule has 2 rings (SSSR count). The second-order valence-electron chi connectivity index (χ2n) is 4.44. The molecule has 0 atom stereocenters. The van der Waals surface area contributed by atoms with Crippen molar-refractivity contribution in [2.75, 3.05) is 0 Å². The lowest BCUT2D eigenvalue weighted by Crippen LogP contribution is -1.97. The zero-order chi connectivity index (χ0) is 15.2. The molecule has 104 valence electrons. The number of aromatic nitrogens is 2. The third-order valence-corrected chi connectivity index (χ3v) is 2.99. The number of hydrogen-bond donors (Lipinski definition) is 0. The summed E-state index contributed by atoms with van der Waals surface area (Å²) in [6, 6.07) is 9.91. The van der Waals surface area contributed by atoms with E-state index in [1.54, 1.807) is 6.08 Å². The minimum absolute atomic E-state index is 0.0550. The van der Waals surface area contributed by atoms with Gasteiger partial charge in [-0.25, -0.2) is 9.98 Å². The molecule has 0 bridgehead atoms. The molecule has 5 heteroatoms. The van der Waals surface area contributed by atoms with Gasteiger partial charge in [0.05, 0.1) is 0 Å². The standard InChI is InChI=1S/C16H13ClN4/c1-3-13-10-19-15(9-18)21-16(13)20-14(17)8-12-6-4-5-11(2)7-12/h3-7,10H,1,8H2,2H3. The van der Waals surface area contributed by atoms with Crippen molar-refractivity contribution < 1.29 is 0 Å². The number of hydrogen-bond acceptors (Lipinski definition) is 4. The zero-order valence-corrected chi connectivity index (χ0v) is 12.3. The third-order valence-electron chi connectivity index (χ3n) is 2.78. The fraction of sp³-hybridized carbons (Fsp3) is 0.125. The highest BCUT2D eigenvalue weighted by atomic mass is 35.5. The number of aliphatic imine (C=N–C) groups is 1. The number of halogens is 1. The Hall–Kier alpha value is -2.51. The van der Waals surface area contributed by atoms with Gasteiger partial charge in [-0.3, -0.25) is 0 Å². The van der Waals surface area contributed by atoms with E-state index >= 15 is 0 Å². The Kier molecular flexibility index (Phi) is 4.81. The summed E-state index contributed by atoms with van der Waals surface area (Å²) in [5.41, 5.74) is 2.87. The van der Waals surface area contributed by atoms with Crippen LogP contribution in [0.2, 0.25) is 0 Å². The van der Waals surface area contributed by atoms with E-state index in [0.29, 0.717) is 23.0 Å². The minimum atomic E-state index is 0.0550. The predicted molar refractivity (Wildman–Crippen MR) is 84.7 cm³/mol. The molecule has 1 aromatic carbocycles. The summed E-state index contributed by atoms with van der Waals surface area (Å²) < 4.78 is 0. The first-order valence-corrected chi connectivity index (χ1v) is 6.68. The van der Waals surface area contributed by atoms with Crippen molar-refractivity contribution in [3.63, 3.8) is 0 Å². The quantitative estimate of drug-likeness (QED) is 0.806. The van der Waals surface area contributed by atoms with E-state index in [1.165, 1.54) is 6.20 Å². The van der Waals surface area contributed by atoms with Crippen LogP contribution in [-0.4, -0.2) is 15.1 Å². The molecule has 0 unspecified atom stereocenters. The molecule has 0 spiro atoms. The number of aryl methyl sites for hydroxylation is 1. The topological polar surface area (TPSA) is 61.9 Å². The Morgan fingerprint density at radius 2 is 2.33 bits per heavy atom. The number of rotatable bonds is 4. The van der Waals surface area contributed by atoms with Gasteiger partial charge in [0.15, 0.2) is 5.82 Å². The highest BCUT2D eigenvalue weighted by Crippen LogP contribution is 2.18. The summed E-state index contributed by atoms with van der Waals surface area (Å²) in [5.74, 6) is 0.411. The van der Waals surface area contributed by atoms with Crippen molar-refractivity contribution in [2.24, 2.45) is 4.99 Å². The number of nitriles is 1. The van der Waals surface area contributed by atoms with E-state index in [4.69, 9.17) is 16.9 Å². The maximum absolute atomic E-state index is 8.84. The van der Waals surface area contributed by atoms with Gasteiger partial charge in [0, 0.05) is 18.2 Å². The molecule has 1 heterocycles. The van der Waals surface area contributed by atoms with Gasteiger partial charge < -0.3 is 0 Å². The first-order chi connectivity index (χ1) is 10.1. The molecule has 0 aliphatic rings. The van der Waals surface area contributed by atoms with Crippen LogP contribution in [0.5, 0.6) is 0 Å². The summed E-state index contributed by atoms with van der Waals surface area (Å²) in [5, 5.41) is 9.24. The molecule has 0 amide bonds. The highest BCUT2D eigenvalue weighted by molar-refractivity contribution is 6.65. The van der Waals surface area contributed by atoms with Crippen molar-refractivity contribution >= 4 is 28.7 Å². The van der Waals surface area contributed by atoms with E-state index in [2.05, 4.69) is 21.5 Å². The van der Waals surface area contributed by atoms with Crippen LogP contribution in [0.4, 0.5) is 5.82 Å².